The number of amidine groups is 1. The molecule has 1 aromatic carbocycles. The second-order valence-electron chi connectivity index (χ2n) is 4.68. The van der Waals surface area contributed by atoms with E-state index in [1.54, 1.807) is 0 Å². The third-order valence-corrected chi connectivity index (χ3v) is 3.41. The Labute approximate surface area is 107 Å². The second kappa shape index (κ2) is 5.76. The molecule has 1 atom stereocenters. The first kappa shape index (κ1) is 12.7. The number of hydrogen-bond acceptors (Lipinski definition) is 3. The first-order chi connectivity index (χ1) is 8.74. The zero-order chi connectivity index (χ0) is 13.0. The van der Waals surface area contributed by atoms with Crippen molar-refractivity contribution in [1.29, 1.82) is 0 Å². The minimum atomic E-state index is -0.364. The molecule has 0 saturated heterocycles. The predicted molar refractivity (Wildman–Crippen MR) is 71.2 cm³/mol. The van der Waals surface area contributed by atoms with Gasteiger partial charge in [0, 0.05) is 0 Å². The summed E-state index contributed by atoms with van der Waals surface area (Å²) in [5.41, 5.74) is 8.38. The Hall–Kier alpha value is -1.71. The summed E-state index contributed by atoms with van der Waals surface area (Å²) in [5.74, 6) is 0.921. The van der Waals surface area contributed by atoms with Gasteiger partial charge in [0.1, 0.15) is 5.75 Å². The van der Waals surface area contributed by atoms with E-state index in [1.807, 2.05) is 13.0 Å². The fourth-order valence-electron chi connectivity index (χ4n) is 2.36. The van der Waals surface area contributed by atoms with Crippen molar-refractivity contribution in [3.05, 3.63) is 29.3 Å². The number of aryl methyl sites for hydroxylation is 2. The lowest BCUT2D eigenvalue weighted by molar-refractivity contribution is 0.246. The number of rotatable bonds is 4. The van der Waals surface area contributed by atoms with Crippen molar-refractivity contribution in [2.75, 3.05) is 0 Å². The number of hydrogen-bond donors (Lipinski definition) is 2. The van der Waals surface area contributed by atoms with Gasteiger partial charge in [-0.3, -0.25) is 0 Å². The van der Waals surface area contributed by atoms with Gasteiger partial charge in [0.25, 0.3) is 0 Å². The van der Waals surface area contributed by atoms with Crippen molar-refractivity contribution in [1.82, 2.24) is 0 Å². The molecule has 0 bridgehead atoms. The van der Waals surface area contributed by atoms with Crippen LogP contribution in [0.2, 0.25) is 0 Å². The maximum absolute atomic E-state index is 8.69. The minimum absolute atomic E-state index is 0.121. The number of nitrogens with zero attached hydrogens (tertiary/aromatic N) is 1. The molecule has 0 aliphatic heterocycles. The van der Waals surface area contributed by atoms with E-state index in [-0.39, 0.29) is 11.9 Å². The monoisotopic (exact) mass is 248 g/mol. The van der Waals surface area contributed by atoms with Crippen LogP contribution in [-0.4, -0.2) is 17.1 Å². The number of fused-ring (bicyclic) bond motifs is 1. The van der Waals surface area contributed by atoms with Crippen LogP contribution in [0.5, 0.6) is 5.75 Å². The summed E-state index contributed by atoms with van der Waals surface area (Å²) >= 11 is 0. The molecule has 1 aliphatic rings. The SMILES string of the molecule is CCC(Oc1ccc2c(c1)CCCC2)C(N)=NO. The Morgan fingerprint density at radius 3 is 2.78 bits per heavy atom. The third-order valence-electron chi connectivity index (χ3n) is 3.41. The van der Waals surface area contributed by atoms with Gasteiger partial charge >= 0.3 is 0 Å². The lowest BCUT2D eigenvalue weighted by Gasteiger charge is -2.20. The van der Waals surface area contributed by atoms with Crippen molar-refractivity contribution in [3.8, 4) is 5.75 Å². The van der Waals surface area contributed by atoms with Crippen LogP contribution in [0, 0.1) is 0 Å². The van der Waals surface area contributed by atoms with E-state index in [4.69, 9.17) is 15.7 Å². The van der Waals surface area contributed by atoms with Crippen LogP contribution in [0.25, 0.3) is 0 Å². The zero-order valence-electron chi connectivity index (χ0n) is 10.7. The van der Waals surface area contributed by atoms with Crippen molar-refractivity contribution < 1.29 is 9.94 Å². The Bertz CT molecular complexity index is 443. The normalized spacial score (nSPS) is 17.1. The molecular formula is C14H20N2O2. The Balaban J connectivity index is 2.14. The van der Waals surface area contributed by atoms with Crippen molar-refractivity contribution in [3.63, 3.8) is 0 Å². The molecule has 18 heavy (non-hydrogen) atoms. The fraction of sp³-hybridized carbons (Fsp3) is 0.500. The lowest BCUT2D eigenvalue weighted by Crippen LogP contribution is -2.33. The van der Waals surface area contributed by atoms with E-state index in [1.165, 1.54) is 24.0 Å². The summed E-state index contributed by atoms with van der Waals surface area (Å²) in [5, 5.41) is 11.7. The van der Waals surface area contributed by atoms with Gasteiger partial charge in [-0.25, -0.2) is 0 Å². The molecule has 0 amide bonds. The molecule has 1 aliphatic carbocycles. The molecule has 1 aromatic rings. The Morgan fingerprint density at radius 1 is 1.39 bits per heavy atom. The average Bonchev–Trinajstić information content (AvgIpc) is 2.43. The minimum Gasteiger partial charge on any atom is -0.482 e. The van der Waals surface area contributed by atoms with Crippen LogP contribution >= 0.6 is 0 Å². The van der Waals surface area contributed by atoms with Crippen LogP contribution < -0.4 is 10.5 Å². The van der Waals surface area contributed by atoms with E-state index in [9.17, 15) is 0 Å². The second-order valence-corrected chi connectivity index (χ2v) is 4.68. The molecule has 1 unspecified atom stereocenters. The first-order valence-electron chi connectivity index (χ1n) is 6.50. The van der Waals surface area contributed by atoms with E-state index in [0.717, 1.165) is 18.6 Å². The number of ether oxygens (including phenoxy) is 1. The van der Waals surface area contributed by atoms with Crippen LogP contribution in [-0.2, 0) is 12.8 Å². The van der Waals surface area contributed by atoms with Crippen molar-refractivity contribution in [2.24, 2.45) is 10.9 Å². The quantitative estimate of drug-likeness (QED) is 0.372. The molecule has 0 saturated carbocycles. The number of oxime groups is 1. The molecular weight excluding hydrogens is 228 g/mol. The van der Waals surface area contributed by atoms with Gasteiger partial charge in [-0.15, -0.1) is 0 Å². The predicted octanol–water partition coefficient (Wildman–Crippen LogP) is 2.47. The maximum atomic E-state index is 8.69. The molecule has 3 N–H and O–H groups in total. The molecule has 0 fully saturated rings. The standard InChI is InChI=1S/C14H20N2O2/c1-2-13(14(15)16-17)18-12-8-7-10-5-3-4-6-11(10)9-12/h7-9,13,17H,2-6H2,1H3,(H2,15,16). The van der Waals surface area contributed by atoms with Gasteiger partial charge in [-0.1, -0.05) is 18.1 Å². The van der Waals surface area contributed by atoms with Crippen LogP contribution in [0.15, 0.2) is 23.4 Å². The zero-order valence-corrected chi connectivity index (χ0v) is 10.7. The summed E-state index contributed by atoms with van der Waals surface area (Å²) in [7, 11) is 0. The summed E-state index contributed by atoms with van der Waals surface area (Å²) in [6.07, 6.45) is 5.10. The lowest BCUT2D eigenvalue weighted by atomic mass is 9.92. The molecule has 0 radical (unpaired) electrons. The summed E-state index contributed by atoms with van der Waals surface area (Å²) in [6.45, 7) is 1.95. The van der Waals surface area contributed by atoms with Gasteiger partial charge in [-0.05, 0) is 55.4 Å². The molecule has 0 aromatic heterocycles. The van der Waals surface area contributed by atoms with Gasteiger partial charge in [0.2, 0.25) is 0 Å². The largest absolute Gasteiger partial charge is 0.482 e. The van der Waals surface area contributed by atoms with E-state index < -0.39 is 0 Å². The molecule has 2 rings (SSSR count). The van der Waals surface area contributed by atoms with E-state index in [0.29, 0.717) is 6.42 Å². The van der Waals surface area contributed by atoms with Crippen molar-refractivity contribution in [2.45, 2.75) is 45.1 Å². The van der Waals surface area contributed by atoms with Gasteiger partial charge in [-0.2, -0.15) is 0 Å². The van der Waals surface area contributed by atoms with E-state index in [2.05, 4.69) is 17.3 Å². The van der Waals surface area contributed by atoms with Gasteiger partial charge in [0.05, 0.1) is 0 Å². The molecule has 0 heterocycles. The fourth-order valence-corrected chi connectivity index (χ4v) is 2.36. The summed E-state index contributed by atoms with van der Waals surface area (Å²) in [6, 6.07) is 6.18. The van der Waals surface area contributed by atoms with Crippen LogP contribution in [0.3, 0.4) is 0 Å². The molecule has 98 valence electrons. The highest BCUT2D eigenvalue weighted by Crippen LogP contribution is 2.26. The molecule has 4 nitrogen and oxygen atoms in total. The summed E-state index contributed by atoms with van der Waals surface area (Å²) in [4.78, 5) is 0. The first-order valence-corrected chi connectivity index (χ1v) is 6.50. The third kappa shape index (κ3) is 2.75. The average molecular weight is 248 g/mol. The molecule has 0 spiro atoms. The Morgan fingerprint density at radius 2 is 2.11 bits per heavy atom. The highest BCUT2D eigenvalue weighted by atomic mass is 16.5. The highest BCUT2D eigenvalue weighted by Gasteiger charge is 2.15. The molecule has 4 heteroatoms. The smallest absolute Gasteiger partial charge is 0.180 e. The topological polar surface area (TPSA) is 67.8 Å². The number of nitrogens with two attached hydrogens (primary N) is 1. The maximum Gasteiger partial charge on any atom is 0.180 e. The Kier molecular flexibility index (Phi) is 4.07. The van der Waals surface area contributed by atoms with E-state index >= 15 is 0 Å². The summed E-state index contributed by atoms with van der Waals surface area (Å²) < 4.78 is 5.77. The van der Waals surface area contributed by atoms with Crippen molar-refractivity contribution >= 4 is 5.84 Å². The highest BCUT2D eigenvalue weighted by molar-refractivity contribution is 5.84. The van der Waals surface area contributed by atoms with Crippen LogP contribution in [0.4, 0.5) is 0 Å². The number of benzene rings is 1. The van der Waals surface area contributed by atoms with Gasteiger partial charge in [0.15, 0.2) is 11.9 Å². The van der Waals surface area contributed by atoms with Gasteiger partial charge < -0.3 is 15.7 Å². The van der Waals surface area contributed by atoms with Crippen LogP contribution in [0.1, 0.15) is 37.3 Å².